The molecule has 0 radical (unpaired) electrons. The fraction of sp³-hybridized carbons (Fsp3) is 0.500. The standard InChI is InChI=1S/C16H25N3O4/c1-10(2)14(19-16(17)21)15(20)18-8-7-11-5-6-12(22-3)13(9-11)23-4/h5-6,9-10,14H,7-8H2,1-4H3,(H,18,20)(H3,17,19,21)/t14-/m0/s1. The number of methoxy groups -OCH3 is 2. The predicted octanol–water partition coefficient (Wildman–Crippen LogP) is 1.06. The molecule has 0 saturated carbocycles. The molecule has 1 aromatic rings. The van der Waals surface area contributed by atoms with E-state index in [0.29, 0.717) is 24.5 Å². The minimum absolute atomic E-state index is 0.0522. The molecule has 23 heavy (non-hydrogen) atoms. The second-order valence-electron chi connectivity index (χ2n) is 5.46. The number of nitrogens with two attached hydrogens (primary N) is 1. The van der Waals surface area contributed by atoms with Crippen LogP contribution < -0.4 is 25.8 Å². The van der Waals surface area contributed by atoms with E-state index < -0.39 is 12.1 Å². The van der Waals surface area contributed by atoms with Crippen molar-refractivity contribution in [3.8, 4) is 11.5 Å². The van der Waals surface area contributed by atoms with Crippen LogP contribution in [0.25, 0.3) is 0 Å². The van der Waals surface area contributed by atoms with E-state index in [1.807, 2.05) is 32.0 Å². The number of carbonyl (C=O) groups excluding carboxylic acids is 2. The molecule has 0 fully saturated rings. The van der Waals surface area contributed by atoms with Gasteiger partial charge in [0.1, 0.15) is 6.04 Å². The molecular formula is C16H25N3O4. The highest BCUT2D eigenvalue weighted by Crippen LogP contribution is 2.27. The second-order valence-corrected chi connectivity index (χ2v) is 5.46. The molecule has 1 rings (SSSR count). The monoisotopic (exact) mass is 323 g/mol. The number of benzene rings is 1. The van der Waals surface area contributed by atoms with Crippen molar-refractivity contribution in [1.29, 1.82) is 0 Å². The Labute approximate surface area is 136 Å². The van der Waals surface area contributed by atoms with Gasteiger partial charge in [-0.05, 0) is 30.0 Å². The summed E-state index contributed by atoms with van der Waals surface area (Å²) < 4.78 is 10.4. The molecular weight excluding hydrogens is 298 g/mol. The van der Waals surface area contributed by atoms with E-state index in [-0.39, 0.29) is 11.8 Å². The Kier molecular flexibility index (Phi) is 7.18. The first-order chi connectivity index (χ1) is 10.9. The van der Waals surface area contributed by atoms with Crippen molar-refractivity contribution in [2.75, 3.05) is 20.8 Å². The minimum atomic E-state index is -0.709. The first-order valence-corrected chi connectivity index (χ1v) is 7.43. The Morgan fingerprint density at radius 3 is 2.35 bits per heavy atom. The van der Waals surface area contributed by atoms with Crippen molar-refractivity contribution >= 4 is 11.9 Å². The Morgan fingerprint density at radius 1 is 1.17 bits per heavy atom. The fourth-order valence-corrected chi connectivity index (χ4v) is 2.16. The smallest absolute Gasteiger partial charge is 0.312 e. The lowest BCUT2D eigenvalue weighted by Crippen LogP contribution is -2.51. The summed E-state index contributed by atoms with van der Waals surface area (Å²) in [6.45, 7) is 4.13. The van der Waals surface area contributed by atoms with Gasteiger partial charge in [-0.25, -0.2) is 4.79 Å². The molecule has 0 bridgehead atoms. The number of nitrogens with one attached hydrogen (secondary N) is 2. The van der Waals surface area contributed by atoms with Crippen LogP contribution in [0.2, 0.25) is 0 Å². The maximum absolute atomic E-state index is 12.1. The van der Waals surface area contributed by atoms with Gasteiger partial charge < -0.3 is 25.8 Å². The van der Waals surface area contributed by atoms with Crippen LogP contribution in [-0.4, -0.2) is 38.7 Å². The van der Waals surface area contributed by atoms with Crippen molar-refractivity contribution < 1.29 is 19.1 Å². The Morgan fingerprint density at radius 2 is 1.83 bits per heavy atom. The molecule has 1 atom stereocenters. The maximum Gasteiger partial charge on any atom is 0.312 e. The molecule has 4 N–H and O–H groups in total. The number of carbonyl (C=O) groups is 2. The molecule has 128 valence electrons. The quantitative estimate of drug-likeness (QED) is 0.665. The second kappa shape index (κ2) is 8.87. The average Bonchev–Trinajstić information content (AvgIpc) is 2.51. The van der Waals surface area contributed by atoms with Crippen LogP contribution in [0.3, 0.4) is 0 Å². The van der Waals surface area contributed by atoms with E-state index in [2.05, 4.69) is 10.6 Å². The van der Waals surface area contributed by atoms with E-state index in [0.717, 1.165) is 5.56 Å². The minimum Gasteiger partial charge on any atom is -0.493 e. The molecule has 3 amide bonds. The summed E-state index contributed by atoms with van der Waals surface area (Å²) in [5.41, 5.74) is 6.10. The summed E-state index contributed by atoms with van der Waals surface area (Å²) in [6, 6.07) is 4.25. The van der Waals surface area contributed by atoms with Gasteiger partial charge in [0.05, 0.1) is 14.2 Å². The number of primary amides is 1. The van der Waals surface area contributed by atoms with Crippen LogP contribution in [0.15, 0.2) is 18.2 Å². The van der Waals surface area contributed by atoms with Gasteiger partial charge in [-0.1, -0.05) is 19.9 Å². The SMILES string of the molecule is COc1ccc(CCNC(=O)[C@@H](NC(N)=O)C(C)C)cc1OC. The van der Waals surface area contributed by atoms with E-state index in [1.54, 1.807) is 14.2 Å². The highest BCUT2D eigenvalue weighted by Gasteiger charge is 2.22. The summed E-state index contributed by atoms with van der Waals surface area (Å²) in [6.07, 6.45) is 0.632. The van der Waals surface area contributed by atoms with Gasteiger partial charge >= 0.3 is 6.03 Å². The van der Waals surface area contributed by atoms with Crippen LogP contribution in [0.1, 0.15) is 19.4 Å². The van der Waals surface area contributed by atoms with Crippen molar-refractivity contribution in [1.82, 2.24) is 10.6 Å². The number of rotatable bonds is 8. The van der Waals surface area contributed by atoms with Gasteiger partial charge in [-0.15, -0.1) is 0 Å². The number of hydrogen-bond acceptors (Lipinski definition) is 4. The van der Waals surface area contributed by atoms with Gasteiger partial charge in [-0.2, -0.15) is 0 Å². The number of ether oxygens (including phenoxy) is 2. The maximum atomic E-state index is 12.1. The number of hydrogen-bond donors (Lipinski definition) is 3. The predicted molar refractivity (Wildman–Crippen MR) is 87.6 cm³/mol. The van der Waals surface area contributed by atoms with Gasteiger partial charge in [0.2, 0.25) is 5.91 Å². The fourth-order valence-electron chi connectivity index (χ4n) is 2.16. The largest absolute Gasteiger partial charge is 0.493 e. The van der Waals surface area contributed by atoms with E-state index >= 15 is 0 Å². The van der Waals surface area contributed by atoms with Crippen molar-refractivity contribution in [3.63, 3.8) is 0 Å². The normalized spacial score (nSPS) is 11.7. The summed E-state index contributed by atoms with van der Waals surface area (Å²) in [5, 5.41) is 5.25. The average molecular weight is 323 g/mol. The highest BCUT2D eigenvalue weighted by molar-refractivity contribution is 5.86. The number of amides is 3. The molecule has 7 nitrogen and oxygen atoms in total. The van der Waals surface area contributed by atoms with Crippen LogP contribution >= 0.6 is 0 Å². The molecule has 0 aliphatic carbocycles. The molecule has 0 heterocycles. The van der Waals surface area contributed by atoms with Crippen LogP contribution in [-0.2, 0) is 11.2 Å². The molecule has 0 spiro atoms. The lowest BCUT2D eigenvalue weighted by Gasteiger charge is -2.20. The van der Waals surface area contributed by atoms with E-state index in [1.165, 1.54) is 0 Å². The summed E-state index contributed by atoms with van der Waals surface area (Å²) in [7, 11) is 3.15. The van der Waals surface area contributed by atoms with Crippen LogP contribution in [0.5, 0.6) is 11.5 Å². The topological polar surface area (TPSA) is 103 Å². The molecule has 0 aliphatic rings. The summed E-state index contributed by atoms with van der Waals surface area (Å²) in [4.78, 5) is 23.1. The Hall–Kier alpha value is -2.44. The van der Waals surface area contributed by atoms with Crippen molar-refractivity contribution in [2.24, 2.45) is 11.7 Å². The molecule has 0 saturated heterocycles. The number of urea groups is 1. The van der Waals surface area contributed by atoms with Crippen molar-refractivity contribution in [2.45, 2.75) is 26.3 Å². The third-order valence-electron chi connectivity index (χ3n) is 3.41. The third kappa shape index (κ3) is 5.69. The first-order valence-electron chi connectivity index (χ1n) is 7.43. The van der Waals surface area contributed by atoms with E-state index in [9.17, 15) is 9.59 Å². The van der Waals surface area contributed by atoms with Crippen LogP contribution in [0, 0.1) is 5.92 Å². The molecule has 7 heteroatoms. The zero-order chi connectivity index (χ0) is 17.4. The van der Waals surface area contributed by atoms with Gasteiger partial charge in [0.25, 0.3) is 0 Å². The lowest BCUT2D eigenvalue weighted by molar-refractivity contribution is -0.123. The zero-order valence-corrected chi connectivity index (χ0v) is 14.0. The van der Waals surface area contributed by atoms with Gasteiger partial charge in [0.15, 0.2) is 11.5 Å². The third-order valence-corrected chi connectivity index (χ3v) is 3.41. The first kappa shape index (κ1) is 18.6. The molecule has 1 aromatic carbocycles. The summed E-state index contributed by atoms with van der Waals surface area (Å²) >= 11 is 0. The Bertz CT molecular complexity index is 546. The summed E-state index contributed by atoms with van der Waals surface area (Å²) in [5.74, 6) is 1.00. The van der Waals surface area contributed by atoms with Gasteiger partial charge in [0, 0.05) is 6.54 Å². The van der Waals surface area contributed by atoms with Gasteiger partial charge in [-0.3, -0.25) is 4.79 Å². The highest BCUT2D eigenvalue weighted by atomic mass is 16.5. The van der Waals surface area contributed by atoms with E-state index in [4.69, 9.17) is 15.2 Å². The van der Waals surface area contributed by atoms with Crippen LogP contribution in [0.4, 0.5) is 4.79 Å². The zero-order valence-electron chi connectivity index (χ0n) is 14.0. The molecule has 0 aliphatic heterocycles. The molecule has 0 unspecified atom stereocenters. The molecule has 0 aromatic heterocycles. The lowest BCUT2D eigenvalue weighted by atomic mass is 10.0. The Balaban J connectivity index is 2.58. The van der Waals surface area contributed by atoms with Crippen molar-refractivity contribution in [3.05, 3.63) is 23.8 Å².